The highest BCUT2D eigenvalue weighted by molar-refractivity contribution is 5.78. The van der Waals surface area contributed by atoms with Crippen molar-refractivity contribution in [2.45, 2.75) is 0 Å². The predicted octanol–water partition coefficient (Wildman–Crippen LogP) is -1.28. The second-order valence-corrected chi connectivity index (χ2v) is 1.04. The van der Waals surface area contributed by atoms with Gasteiger partial charge < -0.3 is 9.88 Å². The molecule has 5 nitrogen and oxygen atoms in total. The third kappa shape index (κ3) is 0.716. The Labute approximate surface area is 38.8 Å². The SMILES string of the molecule is O=C1C[O+]([O-])N=N1. The van der Waals surface area contributed by atoms with Gasteiger partial charge in [-0.25, -0.2) is 0 Å². The van der Waals surface area contributed by atoms with Gasteiger partial charge in [0.15, 0.2) is 5.28 Å². The molecule has 1 aliphatic heterocycles. The van der Waals surface area contributed by atoms with E-state index in [0.29, 0.717) is 0 Å². The molecule has 0 aliphatic carbocycles. The van der Waals surface area contributed by atoms with Gasteiger partial charge in [0, 0.05) is 0 Å². The lowest BCUT2D eigenvalue weighted by Gasteiger charge is -2.04. The Morgan fingerprint density at radius 1 is 1.86 bits per heavy atom. The molecule has 0 saturated heterocycles. The van der Waals surface area contributed by atoms with Crippen LogP contribution in [0.2, 0.25) is 0 Å². The molecule has 0 unspecified atom stereocenters. The maximum Gasteiger partial charge on any atom is 0.362 e. The van der Waals surface area contributed by atoms with Crippen LogP contribution < -0.4 is 5.26 Å². The van der Waals surface area contributed by atoms with Crippen molar-refractivity contribution in [2.24, 2.45) is 10.4 Å². The van der Waals surface area contributed by atoms with Crippen LogP contribution in [-0.4, -0.2) is 12.5 Å². The summed E-state index contributed by atoms with van der Waals surface area (Å²) in [5.74, 6) is -0.514. The Bertz CT molecular complexity index is 120. The van der Waals surface area contributed by atoms with Crippen LogP contribution in [0.5, 0.6) is 0 Å². The Morgan fingerprint density at radius 3 is 2.71 bits per heavy atom. The zero-order valence-corrected chi connectivity index (χ0v) is 3.33. The van der Waals surface area contributed by atoms with Crippen molar-refractivity contribution in [3.8, 4) is 0 Å². The van der Waals surface area contributed by atoms with Crippen molar-refractivity contribution in [1.29, 1.82) is 0 Å². The van der Waals surface area contributed by atoms with Crippen LogP contribution in [0, 0.1) is 0 Å². The van der Waals surface area contributed by atoms with E-state index in [0.717, 1.165) is 4.62 Å². The highest BCUT2D eigenvalue weighted by Crippen LogP contribution is 1.97. The molecule has 1 rings (SSSR count). The minimum absolute atomic E-state index is 0.306. The number of nitrogens with zero attached hydrogens (tertiary/aromatic N) is 2. The minimum Gasteiger partial charge on any atom is -0.451 e. The molecular formula is C2H2N2O3. The van der Waals surface area contributed by atoms with Crippen LogP contribution >= 0.6 is 0 Å². The van der Waals surface area contributed by atoms with Crippen molar-refractivity contribution in [3.63, 3.8) is 0 Å². The third-order valence-electron chi connectivity index (χ3n) is 0.490. The van der Waals surface area contributed by atoms with Crippen LogP contribution in [0.25, 0.3) is 0 Å². The standard InChI is InChI=1S/C2H2N2O3/c5-2-1-7(6)4-3-2/h1H2. The third-order valence-corrected chi connectivity index (χ3v) is 0.490. The number of hydrogen-bond acceptors (Lipinski definition) is 3. The fourth-order valence-corrected chi connectivity index (χ4v) is 0.254. The molecule has 0 saturated carbocycles. The largest absolute Gasteiger partial charge is 0.451 e. The Morgan fingerprint density at radius 2 is 2.57 bits per heavy atom. The molecule has 0 aromatic carbocycles. The van der Waals surface area contributed by atoms with Crippen molar-refractivity contribution >= 4 is 5.91 Å². The molecule has 0 aromatic heterocycles. The molecule has 1 amide bonds. The molecule has 7 heavy (non-hydrogen) atoms. The first-order valence-corrected chi connectivity index (χ1v) is 1.62. The first-order valence-electron chi connectivity index (χ1n) is 1.62. The zero-order valence-electron chi connectivity index (χ0n) is 3.33. The smallest absolute Gasteiger partial charge is 0.362 e. The van der Waals surface area contributed by atoms with Gasteiger partial charge in [-0.3, -0.25) is 4.79 Å². The molecule has 1 heterocycles. The fraction of sp³-hybridized carbons (Fsp3) is 0.500. The van der Waals surface area contributed by atoms with E-state index >= 15 is 0 Å². The van der Waals surface area contributed by atoms with E-state index in [4.69, 9.17) is 0 Å². The van der Waals surface area contributed by atoms with Crippen LogP contribution in [0.15, 0.2) is 10.4 Å². The Hall–Kier alpha value is -0.970. The van der Waals surface area contributed by atoms with Gasteiger partial charge in [-0.1, -0.05) is 0 Å². The summed E-state index contributed by atoms with van der Waals surface area (Å²) in [5, 5.41) is 15.5. The van der Waals surface area contributed by atoms with Crippen LogP contribution in [-0.2, 0) is 9.41 Å². The Balaban J connectivity index is 2.58. The highest BCUT2D eigenvalue weighted by atomic mass is 17.3. The van der Waals surface area contributed by atoms with Crippen LogP contribution in [0.1, 0.15) is 0 Å². The fourth-order valence-electron chi connectivity index (χ4n) is 0.254. The second-order valence-electron chi connectivity index (χ2n) is 1.04. The molecule has 0 bridgehead atoms. The first-order chi connectivity index (χ1) is 3.29. The molecule has 0 spiro atoms. The van der Waals surface area contributed by atoms with Gasteiger partial charge in [-0.2, -0.15) is 0 Å². The monoisotopic (exact) mass is 102 g/mol. The van der Waals surface area contributed by atoms with Gasteiger partial charge in [-0.15, -0.1) is 0 Å². The summed E-state index contributed by atoms with van der Waals surface area (Å²) in [4.78, 5) is 9.93. The van der Waals surface area contributed by atoms with E-state index < -0.39 is 5.91 Å². The molecule has 0 aromatic rings. The Kier molecular flexibility index (Phi) is 0.759. The quantitative estimate of drug-likeness (QED) is 0.282. The van der Waals surface area contributed by atoms with Gasteiger partial charge in [0.05, 0.1) is 0 Å². The molecule has 0 N–H and O–H groups in total. The van der Waals surface area contributed by atoms with Gasteiger partial charge in [0.1, 0.15) is 0 Å². The zero-order chi connectivity index (χ0) is 5.28. The van der Waals surface area contributed by atoms with Crippen molar-refractivity contribution < 1.29 is 14.7 Å². The topological polar surface area (TPSA) is 67.5 Å². The highest BCUT2D eigenvalue weighted by Gasteiger charge is 2.15. The van der Waals surface area contributed by atoms with E-state index in [-0.39, 0.29) is 6.61 Å². The number of carbonyl (C=O) groups is 1. The average molecular weight is 102 g/mol. The average Bonchev–Trinajstić information content (AvgIpc) is 1.87. The lowest BCUT2D eigenvalue weighted by Crippen LogP contribution is -2.20. The van der Waals surface area contributed by atoms with E-state index in [9.17, 15) is 10.1 Å². The summed E-state index contributed by atoms with van der Waals surface area (Å²) < 4.78 is 0.917. The maximum absolute atomic E-state index is 9.93. The predicted molar refractivity (Wildman–Crippen MR) is 15.8 cm³/mol. The molecule has 0 fully saturated rings. The molecular weight excluding hydrogens is 100 g/mol. The second kappa shape index (κ2) is 1.27. The number of carbonyl (C=O) groups excluding carboxylic acids is 1. The number of hydrogen-bond donors (Lipinski definition) is 0. The summed E-state index contributed by atoms with van der Waals surface area (Å²) in [6.45, 7) is -0.306. The molecule has 0 radical (unpaired) electrons. The minimum atomic E-state index is -0.514. The molecule has 0 atom stereocenters. The van der Waals surface area contributed by atoms with Gasteiger partial charge in [-0.05, 0) is 5.11 Å². The van der Waals surface area contributed by atoms with Crippen molar-refractivity contribution in [1.82, 2.24) is 0 Å². The van der Waals surface area contributed by atoms with E-state index in [1.165, 1.54) is 0 Å². The van der Waals surface area contributed by atoms with E-state index in [2.05, 4.69) is 10.4 Å². The molecule has 38 valence electrons. The van der Waals surface area contributed by atoms with Gasteiger partial charge >= 0.3 is 5.91 Å². The summed E-state index contributed by atoms with van der Waals surface area (Å²) in [6.07, 6.45) is 0. The van der Waals surface area contributed by atoms with Crippen molar-refractivity contribution in [3.05, 3.63) is 0 Å². The van der Waals surface area contributed by atoms with Gasteiger partial charge in [0.2, 0.25) is 0 Å². The lowest BCUT2D eigenvalue weighted by molar-refractivity contribution is -0.793. The summed E-state index contributed by atoms with van der Waals surface area (Å²) in [5.41, 5.74) is 0. The normalized spacial score (nSPS) is 19.0. The lowest BCUT2D eigenvalue weighted by atomic mass is 10.7. The molecule has 5 heteroatoms. The summed E-state index contributed by atoms with van der Waals surface area (Å²) in [7, 11) is 0. The molecule has 1 aliphatic rings. The maximum atomic E-state index is 9.93. The summed E-state index contributed by atoms with van der Waals surface area (Å²) in [6, 6.07) is 0. The number of amides is 1. The summed E-state index contributed by atoms with van der Waals surface area (Å²) >= 11 is 0. The van der Waals surface area contributed by atoms with Crippen LogP contribution in [0.4, 0.5) is 0 Å². The first kappa shape index (κ1) is 4.20. The van der Waals surface area contributed by atoms with E-state index in [1.807, 2.05) is 0 Å². The van der Waals surface area contributed by atoms with Crippen molar-refractivity contribution in [2.75, 3.05) is 6.61 Å². The van der Waals surface area contributed by atoms with E-state index in [1.54, 1.807) is 0 Å². The van der Waals surface area contributed by atoms with Crippen LogP contribution in [0.3, 0.4) is 0 Å². The number of rotatable bonds is 0. The van der Waals surface area contributed by atoms with Gasteiger partial charge in [0.25, 0.3) is 6.61 Å².